The maximum atomic E-state index is 12.7. The Hall–Kier alpha value is -3.65. The number of nitrogens with one attached hydrogen (secondary N) is 2. The van der Waals surface area contributed by atoms with Crippen LogP contribution in [0.25, 0.3) is 10.8 Å². The second-order valence-electron chi connectivity index (χ2n) is 7.29. The van der Waals surface area contributed by atoms with Gasteiger partial charge in [-0.15, -0.1) is 0 Å². The van der Waals surface area contributed by atoms with E-state index in [2.05, 4.69) is 10.6 Å². The third kappa shape index (κ3) is 4.99. The molecule has 0 saturated carbocycles. The van der Waals surface area contributed by atoms with Crippen molar-refractivity contribution in [3.63, 3.8) is 0 Å². The van der Waals surface area contributed by atoms with Gasteiger partial charge < -0.3 is 10.6 Å². The zero-order chi connectivity index (χ0) is 20.8. The molecule has 0 heterocycles. The van der Waals surface area contributed by atoms with Gasteiger partial charge in [-0.05, 0) is 40.5 Å². The summed E-state index contributed by atoms with van der Waals surface area (Å²) in [5.74, 6) is -0.604. The molecule has 0 aliphatic rings. The number of anilines is 1. The predicted molar refractivity (Wildman–Crippen MR) is 114 cm³/mol. The molecular weight excluding hydrogens is 362 g/mol. The number of nitrogens with zero attached hydrogens (tertiary/aromatic N) is 1. The first-order chi connectivity index (χ1) is 14.0. The summed E-state index contributed by atoms with van der Waals surface area (Å²) >= 11 is 0. The monoisotopic (exact) mass is 385 g/mol. The number of fused-ring (bicyclic) bond motifs is 1. The highest BCUT2D eigenvalue weighted by molar-refractivity contribution is 5.98. The molecule has 3 aromatic carbocycles. The SMILES string of the molecule is CC(C)C(NC(=O)Cc1cccc2ccccc12)C(=O)Nc1cccc(C#N)c1. The molecule has 1 atom stereocenters. The summed E-state index contributed by atoms with van der Waals surface area (Å²) in [5.41, 5.74) is 1.91. The molecule has 0 aliphatic carbocycles. The second kappa shape index (κ2) is 9.03. The number of rotatable bonds is 6. The molecule has 0 aliphatic heterocycles. The van der Waals surface area contributed by atoms with Crippen molar-refractivity contribution >= 4 is 28.3 Å². The van der Waals surface area contributed by atoms with Gasteiger partial charge in [-0.3, -0.25) is 9.59 Å². The van der Waals surface area contributed by atoms with Crippen molar-refractivity contribution in [1.82, 2.24) is 5.32 Å². The van der Waals surface area contributed by atoms with Crippen molar-refractivity contribution < 1.29 is 9.59 Å². The lowest BCUT2D eigenvalue weighted by Crippen LogP contribution is -2.47. The summed E-state index contributed by atoms with van der Waals surface area (Å²) in [6.07, 6.45) is 0.196. The van der Waals surface area contributed by atoms with Crippen LogP contribution in [0.2, 0.25) is 0 Å². The first kappa shape index (κ1) is 20.1. The molecule has 2 N–H and O–H groups in total. The predicted octanol–water partition coefficient (Wildman–Crippen LogP) is 4.03. The van der Waals surface area contributed by atoms with E-state index in [1.807, 2.05) is 62.4 Å². The number of hydrogen-bond donors (Lipinski definition) is 2. The molecular formula is C24H23N3O2. The van der Waals surface area contributed by atoms with Gasteiger partial charge >= 0.3 is 0 Å². The summed E-state index contributed by atoms with van der Waals surface area (Å²) < 4.78 is 0. The van der Waals surface area contributed by atoms with Crippen LogP contribution in [0.1, 0.15) is 25.0 Å². The van der Waals surface area contributed by atoms with E-state index < -0.39 is 6.04 Å². The van der Waals surface area contributed by atoms with E-state index in [1.165, 1.54) is 0 Å². The van der Waals surface area contributed by atoms with Crippen molar-refractivity contribution in [2.45, 2.75) is 26.3 Å². The zero-order valence-corrected chi connectivity index (χ0v) is 16.5. The summed E-state index contributed by atoms with van der Waals surface area (Å²) in [4.78, 5) is 25.4. The van der Waals surface area contributed by atoms with E-state index in [0.717, 1.165) is 16.3 Å². The van der Waals surface area contributed by atoms with Crippen LogP contribution in [0.15, 0.2) is 66.7 Å². The molecule has 0 spiro atoms. The zero-order valence-electron chi connectivity index (χ0n) is 16.5. The van der Waals surface area contributed by atoms with Gasteiger partial charge in [0.25, 0.3) is 0 Å². The first-order valence-corrected chi connectivity index (χ1v) is 9.55. The Balaban J connectivity index is 1.71. The fourth-order valence-electron chi connectivity index (χ4n) is 3.27. The highest BCUT2D eigenvalue weighted by Gasteiger charge is 2.24. The van der Waals surface area contributed by atoms with Crippen LogP contribution in [0, 0.1) is 17.2 Å². The van der Waals surface area contributed by atoms with Crippen molar-refractivity contribution in [3.8, 4) is 6.07 Å². The van der Waals surface area contributed by atoms with E-state index in [4.69, 9.17) is 5.26 Å². The van der Waals surface area contributed by atoms with Crippen LogP contribution in [0.4, 0.5) is 5.69 Å². The van der Waals surface area contributed by atoms with Gasteiger partial charge in [-0.1, -0.05) is 62.4 Å². The molecule has 3 rings (SSSR count). The Bertz CT molecular complexity index is 1080. The maximum Gasteiger partial charge on any atom is 0.247 e. The molecule has 146 valence electrons. The summed E-state index contributed by atoms with van der Waals surface area (Å²) in [5, 5.41) is 16.8. The van der Waals surface area contributed by atoms with E-state index >= 15 is 0 Å². The van der Waals surface area contributed by atoms with Crippen LogP contribution in [-0.2, 0) is 16.0 Å². The number of nitriles is 1. The molecule has 2 amide bonds. The number of carbonyl (C=O) groups excluding carboxylic acids is 2. The van der Waals surface area contributed by atoms with Gasteiger partial charge in [0, 0.05) is 5.69 Å². The van der Waals surface area contributed by atoms with Crippen LogP contribution in [-0.4, -0.2) is 17.9 Å². The highest BCUT2D eigenvalue weighted by atomic mass is 16.2. The Morgan fingerprint density at radius 2 is 1.72 bits per heavy atom. The van der Waals surface area contributed by atoms with Gasteiger partial charge in [-0.2, -0.15) is 5.26 Å². The fraction of sp³-hybridized carbons (Fsp3) is 0.208. The molecule has 0 fully saturated rings. The lowest BCUT2D eigenvalue weighted by molar-refractivity contribution is -0.127. The molecule has 5 heteroatoms. The number of carbonyl (C=O) groups is 2. The van der Waals surface area contributed by atoms with Crippen LogP contribution >= 0.6 is 0 Å². The Morgan fingerprint density at radius 3 is 2.48 bits per heavy atom. The van der Waals surface area contributed by atoms with Crippen molar-refractivity contribution in [1.29, 1.82) is 5.26 Å². The Morgan fingerprint density at radius 1 is 1.00 bits per heavy atom. The standard InChI is InChI=1S/C24H23N3O2/c1-16(2)23(24(29)26-20-11-5-7-17(13-20)15-25)27-22(28)14-19-10-6-9-18-8-3-4-12-21(18)19/h3-13,16,23H,14H2,1-2H3,(H,26,29)(H,27,28). The molecule has 3 aromatic rings. The minimum atomic E-state index is -0.678. The lowest BCUT2D eigenvalue weighted by atomic mass is 10.00. The largest absolute Gasteiger partial charge is 0.344 e. The van der Waals surface area contributed by atoms with E-state index in [9.17, 15) is 9.59 Å². The average molecular weight is 385 g/mol. The van der Waals surface area contributed by atoms with E-state index in [1.54, 1.807) is 24.3 Å². The van der Waals surface area contributed by atoms with Gasteiger partial charge in [0.2, 0.25) is 11.8 Å². The third-order valence-electron chi connectivity index (χ3n) is 4.76. The lowest BCUT2D eigenvalue weighted by Gasteiger charge is -2.22. The molecule has 5 nitrogen and oxygen atoms in total. The van der Waals surface area contributed by atoms with Crippen molar-refractivity contribution in [3.05, 3.63) is 77.9 Å². The topological polar surface area (TPSA) is 82.0 Å². The average Bonchev–Trinajstić information content (AvgIpc) is 2.72. The molecule has 0 saturated heterocycles. The number of benzene rings is 3. The Labute approximate surface area is 170 Å². The maximum absolute atomic E-state index is 12.7. The van der Waals surface area contributed by atoms with Crippen LogP contribution in [0.5, 0.6) is 0 Å². The van der Waals surface area contributed by atoms with Crippen LogP contribution < -0.4 is 10.6 Å². The summed E-state index contributed by atoms with van der Waals surface area (Å²) in [7, 11) is 0. The van der Waals surface area contributed by atoms with Crippen LogP contribution in [0.3, 0.4) is 0 Å². The second-order valence-corrected chi connectivity index (χ2v) is 7.29. The van der Waals surface area contributed by atoms with Crippen molar-refractivity contribution in [2.75, 3.05) is 5.32 Å². The minimum Gasteiger partial charge on any atom is -0.344 e. The summed E-state index contributed by atoms with van der Waals surface area (Å²) in [6, 6.07) is 21.8. The van der Waals surface area contributed by atoms with E-state index in [-0.39, 0.29) is 24.2 Å². The number of amides is 2. The molecule has 0 aromatic heterocycles. The van der Waals surface area contributed by atoms with Gasteiger partial charge in [-0.25, -0.2) is 0 Å². The van der Waals surface area contributed by atoms with Crippen molar-refractivity contribution in [2.24, 2.45) is 5.92 Å². The molecule has 29 heavy (non-hydrogen) atoms. The van der Waals surface area contributed by atoms with Gasteiger partial charge in [0.1, 0.15) is 6.04 Å². The van der Waals surface area contributed by atoms with Gasteiger partial charge in [0.15, 0.2) is 0 Å². The van der Waals surface area contributed by atoms with E-state index in [0.29, 0.717) is 11.3 Å². The minimum absolute atomic E-state index is 0.0920. The first-order valence-electron chi connectivity index (χ1n) is 9.55. The fourth-order valence-corrected chi connectivity index (χ4v) is 3.27. The van der Waals surface area contributed by atoms with Gasteiger partial charge in [0.05, 0.1) is 18.1 Å². The quantitative estimate of drug-likeness (QED) is 0.672. The summed E-state index contributed by atoms with van der Waals surface area (Å²) in [6.45, 7) is 3.77. The third-order valence-corrected chi connectivity index (χ3v) is 4.76. The molecule has 0 radical (unpaired) electrons. The normalized spacial score (nSPS) is 11.7. The molecule has 0 bridgehead atoms. The molecule has 1 unspecified atom stereocenters. The Kier molecular flexibility index (Phi) is 6.25. The number of hydrogen-bond acceptors (Lipinski definition) is 3. The smallest absolute Gasteiger partial charge is 0.247 e. The highest BCUT2D eigenvalue weighted by Crippen LogP contribution is 2.19.